The van der Waals surface area contributed by atoms with Crippen LogP contribution in [-0.2, 0) is 12.8 Å². The summed E-state index contributed by atoms with van der Waals surface area (Å²) in [4.78, 5) is 4.14. The molecule has 1 N–H and O–H groups in total. The molecule has 1 heterocycles. The summed E-state index contributed by atoms with van der Waals surface area (Å²) in [5, 5.41) is 10.5. The maximum atomic E-state index is 10.5. The van der Waals surface area contributed by atoms with Crippen molar-refractivity contribution in [3.8, 4) is 0 Å². The monoisotopic (exact) mass is 239 g/mol. The number of fused-ring (bicyclic) bond motifs is 1. The van der Waals surface area contributed by atoms with Crippen molar-refractivity contribution in [3.63, 3.8) is 0 Å². The Morgan fingerprint density at radius 3 is 2.89 bits per heavy atom. The van der Waals surface area contributed by atoms with Crippen molar-refractivity contribution >= 4 is 0 Å². The summed E-state index contributed by atoms with van der Waals surface area (Å²) < 4.78 is 0. The number of hydrogen-bond acceptors (Lipinski definition) is 2. The topological polar surface area (TPSA) is 33.1 Å². The zero-order valence-electron chi connectivity index (χ0n) is 10.3. The van der Waals surface area contributed by atoms with E-state index in [4.69, 9.17) is 0 Å². The average molecular weight is 239 g/mol. The second-order valence-electron chi connectivity index (χ2n) is 5.01. The molecule has 2 aromatic rings. The lowest BCUT2D eigenvalue weighted by atomic mass is 9.79. The zero-order chi connectivity index (χ0) is 12.4. The Balaban J connectivity index is 1.81. The summed E-state index contributed by atoms with van der Waals surface area (Å²) in [7, 11) is 0. The van der Waals surface area contributed by atoms with Crippen molar-refractivity contribution in [3.05, 3.63) is 65.5 Å². The molecule has 1 aliphatic rings. The van der Waals surface area contributed by atoms with Crippen molar-refractivity contribution in [2.45, 2.75) is 25.4 Å². The highest BCUT2D eigenvalue weighted by Crippen LogP contribution is 2.35. The van der Waals surface area contributed by atoms with E-state index < -0.39 is 0 Å². The Hall–Kier alpha value is -1.67. The maximum Gasteiger partial charge on any atom is 0.0824 e. The lowest BCUT2D eigenvalue weighted by Crippen LogP contribution is -2.22. The zero-order valence-corrected chi connectivity index (χ0v) is 10.3. The Morgan fingerprint density at radius 1 is 1.17 bits per heavy atom. The minimum Gasteiger partial charge on any atom is -0.388 e. The van der Waals surface area contributed by atoms with Gasteiger partial charge < -0.3 is 5.11 Å². The summed E-state index contributed by atoms with van der Waals surface area (Å²) in [6.07, 6.45) is 6.37. The van der Waals surface area contributed by atoms with Crippen LogP contribution >= 0.6 is 0 Å². The summed E-state index contributed by atoms with van der Waals surface area (Å²) >= 11 is 0. The Labute approximate surface area is 107 Å². The van der Waals surface area contributed by atoms with E-state index in [1.54, 1.807) is 6.20 Å². The normalized spacial score (nSPS) is 22.5. The fourth-order valence-electron chi connectivity index (χ4n) is 2.84. The molecule has 92 valence electrons. The van der Waals surface area contributed by atoms with E-state index in [1.807, 2.05) is 24.4 Å². The Bertz CT molecular complexity index is 524. The van der Waals surface area contributed by atoms with Gasteiger partial charge in [0.1, 0.15) is 0 Å². The molecule has 0 radical (unpaired) electrons. The first-order valence-corrected chi connectivity index (χ1v) is 6.49. The van der Waals surface area contributed by atoms with Crippen molar-refractivity contribution in [2.75, 3.05) is 0 Å². The van der Waals surface area contributed by atoms with Gasteiger partial charge in [0.25, 0.3) is 0 Å². The highest BCUT2D eigenvalue weighted by Gasteiger charge is 2.27. The van der Waals surface area contributed by atoms with Gasteiger partial charge in [-0.2, -0.15) is 0 Å². The number of nitrogens with zero attached hydrogens (tertiary/aromatic N) is 1. The minimum absolute atomic E-state index is 0.309. The average Bonchev–Trinajstić information content (AvgIpc) is 2.43. The van der Waals surface area contributed by atoms with Gasteiger partial charge in [0.15, 0.2) is 0 Å². The third-order valence-corrected chi connectivity index (χ3v) is 3.83. The lowest BCUT2D eigenvalue weighted by Gasteiger charge is -2.30. The fraction of sp³-hybridized carbons (Fsp3) is 0.312. The van der Waals surface area contributed by atoms with Crippen LogP contribution in [0.3, 0.4) is 0 Å². The van der Waals surface area contributed by atoms with Crippen molar-refractivity contribution < 1.29 is 5.11 Å². The first kappa shape index (κ1) is 11.4. The number of rotatable bonds is 2. The van der Waals surface area contributed by atoms with E-state index in [1.165, 1.54) is 11.1 Å². The summed E-state index contributed by atoms with van der Waals surface area (Å²) in [5.74, 6) is 0.309. The molecule has 0 aliphatic heterocycles. The molecular formula is C16H17NO. The first-order chi connectivity index (χ1) is 8.84. The maximum absolute atomic E-state index is 10.5. The molecular weight excluding hydrogens is 222 g/mol. The van der Waals surface area contributed by atoms with E-state index in [-0.39, 0.29) is 6.10 Å². The van der Waals surface area contributed by atoms with E-state index in [9.17, 15) is 5.11 Å². The second kappa shape index (κ2) is 4.91. The smallest absolute Gasteiger partial charge is 0.0824 e. The van der Waals surface area contributed by atoms with Crippen LogP contribution in [0.1, 0.15) is 29.2 Å². The number of aliphatic hydroxyl groups excluding tert-OH is 1. The van der Waals surface area contributed by atoms with Gasteiger partial charge in [-0.1, -0.05) is 30.3 Å². The van der Waals surface area contributed by atoms with Crippen molar-refractivity contribution in [2.24, 2.45) is 5.92 Å². The van der Waals surface area contributed by atoms with E-state index in [0.717, 1.165) is 24.8 Å². The molecule has 0 bridgehead atoms. The molecule has 0 fully saturated rings. The predicted octanol–water partition coefficient (Wildman–Crippen LogP) is 2.92. The van der Waals surface area contributed by atoms with Crippen LogP contribution in [-0.4, -0.2) is 10.1 Å². The molecule has 0 spiro atoms. The molecule has 3 rings (SSSR count). The quantitative estimate of drug-likeness (QED) is 0.874. The molecule has 2 unspecified atom stereocenters. The standard InChI is InChI=1S/C16H17NO/c18-16-14(10-12-4-3-9-17-11-12)8-7-13-5-1-2-6-15(13)16/h1-6,9,11,14,16,18H,7-8,10H2. The molecule has 0 amide bonds. The number of aromatic nitrogens is 1. The predicted molar refractivity (Wildman–Crippen MR) is 71.2 cm³/mol. The SMILES string of the molecule is OC1c2ccccc2CCC1Cc1cccnc1. The van der Waals surface area contributed by atoms with Gasteiger partial charge in [0.2, 0.25) is 0 Å². The largest absolute Gasteiger partial charge is 0.388 e. The summed E-state index contributed by atoms with van der Waals surface area (Å²) in [6, 6.07) is 12.3. The van der Waals surface area contributed by atoms with Crippen LogP contribution in [0.2, 0.25) is 0 Å². The van der Waals surface area contributed by atoms with Crippen LogP contribution in [0.15, 0.2) is 48.8 Å². The van der Waals surface area contributed by atoms with Crippen LogP contribution in [0.4, 0.5) is 0 Å². The third kappa shape index (κ3) is 2.16. The molecule has 18 heavy (non-hydrogen) atoms. The Kier molecular flexibility index (Phi) is 3.11. The summed E-state index contributed by atoms with van der Waals surface area (Å²) in [6.45, 7) is 0. The molecule has 2 atom stereocenters. The van der Waals surface area contributed by atoms with Gasteiger partial charge in [0, 0.05) is 12.4 Å². The molecule has 1 aromatic carbocycles. The number of pyridine rings is 1. The van der Waals surface area contributed by atoms with Gasteiger partial charge in [-0.05, 0) is 47.9 Å². The van der Waals surface area contributed by atoms with E-state index in [2.05, 4.69) is 23.2 Å². The Morgan fingerprint density at radius 2 is 2.06 bits per heavy atom. The highest BCUT2D eigenvalue weighted by atomic mass is 16.3. The minimum atomic E-state index is -0.338. The molecule has 0 saturated heterocycles. The van der Waals surface area contributed by atoms with Crippen LogP contribution < -0.4 is 0 Å². The molecule has 0 saturated carbocycles. The third-order valence-electron chi connectivity index (χ3n) is 3.83. The van der Waals surface area contributed by atoms with Gasteiger partial charge in [-0.15, -0.1) is 0 Å². The molecule has 2 heteroatoms. The molecule has 2 nitrogen and oxygen atoms in total. The van der Waals surface area contributed by atoms with Gasteiger partial charge in [-0.25, -0.2) is 0 Å². The summed E-state index contributed by atoms with van der Waals surface area (Å²) in [5.41, 5.74) is 3.62. The number of aliphatic hydroxyl groups is 1. The second-order valence-corrected chi connectivity index (χ2v) is 5.01. The number of hydrogen-bond donors (Lipinski definition) is 1. The molecule has 1 aromatic heterocycles. The molecule has 1 aliphatic carbocycles. The van der Waals surface area contributed by atoms with Crippen LogP contribution in [0.5, 0.6) is 0 Å². The first-order valence-electron chi connectivity index (χ1n) is 6.49. The van der Waals surface area contributed by atoms with Crippen molar-refractivity contribution in [1.29, 1.82) is 0 Å². The van der Waals surface area contributed by atoms with Gasteiger partial charge in [-0.3, -0.25) is 4.98 Å². The lowest BCUT2D eigenvalue weighted by molar-refractivity contribution is 0.0936. The van der Waals surface area contributed by atoms with Crippen LogP contribution in [0, 0.1) is 5.92 Å². The van der Waals surface area contributed by atoms with Crippen molar-refractivity contribution in [1.82, 2.24) is 4.98 Å². The highest BCUT2D eigenvalue weighted by molar-refractivity contribution is 5.32. The van der Waals surface area contributed by atoms with Gasteiger partial charge >= 0.3 is 0 Å². The fourth-order valence-corrected chi connectivity index (χ4v) is 2.84. The van der Waals surface area contributed by atoms with E-state index in [0.29, 0.717) is 5.92 Å². The van der Waals surface area contributed by atoms with E-state index >= 15 is 0 Å². The van der Waals surface area contributed by atoms with Crippen LogP contribution in [0.25, 0.3) is 0 Å². The van der Waals surface area contributed by atoms with Gasteiger partial charge in [0.05, 0.1) is 6.10 Å². The number of benzene rings is 1. The number of aryl methyl sites for hydroxylation is 1.